The van der Waals surface area contributed by atoms with Crippen LogP contribution in [0, 0.1) is 0 Å². The largest absolute Gasteiger partial charge is 0.496 e. The third kappa shape index (κ3) is 6.52. The first kappa shape index (κ1) is 27.0. The number of hydrogen-bond acceptors (Lipinski definition) is 6. The van der Waals surface area contributed by atoms with Gasteiger partial charge in [-0.3, -0.25) is 19.1 Å². The van der Waals surface area contributed by atoms with E-state index in [4.69, 9.17) is 9.47 Å². The molecule has 1 heterocycles. The van der Waals surface area contributed by atoms with Gasteiger partial charge in [0.25, 0.3) is 5.56 Å². The summed E-state index contributed by atoms with van der Waals surface area (Å²) in [7, 11) is -0.261. The highest BCUT2D eigenvalue weighted by Crippen LogP contribution is 2.37. The predicted octanol–water partition coefficient (Wildman–Crippen LogP) is 3.52. The number of methoxy groups -OCH3 is 2. The molecule has 10 heteroatoms. The lowest BCUT2D eigenvalue weighted by atomic mass is 9.84. The number of nitrogens with one attached hydrogen (secondary N) is 2. The van der Waals surface area contributed by atoms with Crippen LogP contribution in [0.1, 0.15) is 43.0 Å². The van der Waals surface area contributed by atoms with Crippen LogP contribution in [0.2, 0.25) is 0 Å². The highest BCUT2D eigenvalue weighted by Gasteiger charge is 2.22. The zero-order valence-corrected chi connectivity index (χ0v) is 22.0. The normalized spacial score (nSPS) is 12.2. The number of benzene rings is 2. The number of aromatic nitrogens is 2. The summed E-state index contributed by atoms with van der Waals surface area (Å²) in [4.78, 5) is 26.3. The number of sulfonamides is 1. The number of rotatable bonds is 8. The van der Waals surface area contributed by atoms with Crippen LogP contribution in [0.5, 0.6) is 5.75 Å². The first-order chi connectivity index (χ1) is 16.8. The molecule has 192 valence electrons. The van der Waals surface area contributed by atoms with E-state index in [-0.39, 0.29) is 12.0 Å². The number of nitrogens with zero attached hydrogens (tertiary/aromatic N) is 1. The minimum absolute atomic E-state index is 0.274. The predicted molar refractivity (Wildman–Crippen MR) is 142 cm³/mol. The van der Waals surface area contributed by atoms with Crippen LogP contribution in [0.15, 0.2) is 52.2 Å². The number of ether oxygens (including phenoxy) is 2. The molecule has 0 aliphatic carbocycles. The van der Waals surface area contributed by atoms with Crippen molar-refractivity contribution in [3.63, 3.8) is 0 Å². The Labute approximate surface area is 210 Å². The van der Waals surface area contributed by atoms with Crippen LogP contribution in [0.3, 0.4) is 0 Å². The monoisotopic (exact) mass is 513 g/mol. The van der Waals surface area contributed by atoms with E-state index < -0.39 is 21.3 Å². The third-order valence-corrected chi connectivity index (χ3v) is 6.01. The van der Waals surface area contributed by atoms with Gasteiger partial charge in [0.2, 0.25) is 10.0 Å². The number of H-pyrrole nitrogens is 1. The Morgan fingerprint density at radius 3 is 2.31 bits per heavy atom. The standard InChI is InChI=1S/C26H31N3O6S/c1-26(2,3)22-15-21(29-12-11-23(30)27-25(29)31)14-18(24(22)35-5)8-7-17-9-10-20(28-36(6,32)33)13-19(17)16-34-4/h7-15,28H,16H2,1-6H3,(H,27,30,31). The summed E-state index contributed by atoms with van der Waals surface area (Å²) in [5, 5.41) is 0. The molecule has 0 fully saturated rings. The Hall–Kier alpha value is -3.63. The molecule has 0 atom stereocenters. The van der Waals surface area contributed by atoms with Crippen molar-refractivity contribution < 1.29 is 17.9 Å². The Morgan fingerprint density at radius 1 is 1.03 bits per heavy atom. The fourth-order valence-corrected chi connectivity index (χ4v) is 4.36. The number of hydrogen-bond donors (Lipinski definition) is 2. The van der Waals surface area contributed by atoms with E-state index in [1.54, 1.807) is 38.5 Å². The molecule has 0 amide bonds. The van der Waals surface area contributed by atoms with Gasteiger partial charge in [0.1, 0.15) is 5.75 Å². The average molecular weight is 514 g/mol. The fourth-order valence-electron chi connectivity index (χ4n) is 3.81. The molecule has 0 bridgehead atoms. The van der Waals surface area contributed by atoms with Crippen LogP contribution >= 0.6 is 0 Å². The number of aromatic amines is 1. The van der Waals surface area contributed by atoms with Crippen LogP contribution < -0.4 is 20.7 Å². The topological polar surface area (TPSA) is 119 Å². The second kappa shape index (κ2) is 10.5. The Balaban J connectivity index is 2.17. The van der Waals surface area contributed by atoms with Gasteiger partial charge in [-0.15, -0.1) is 0 Å². The van der Waals surface area contributed by atoms with E-state index in [0.29, 0.717) is 17.1 Å². The molecular weight excluding hydrogens is 482 g/mol. The zero-order chi connectivity index (χ0) is 26.7. The maximum absolute atomic E-state index is 12.5. The van der Waals surface area contributed by atoms with Crippen molar-refractivity contribution in [3.8, 4) is 11.4 Å². The van der Waals surface area contributed by atoms with Crippen molar-refractivity contribution in [3.05, 3.63) is 85.7 Å². The summed E-state index contributed by atoms with van der Waals surface area (Å²) in [6, 6.07) is 10.2. The lowest BCUT2D eigenvalue weighted by Gasteiger charge is -2.25. The third-order valence-electron chi connectivity index (χ3n) is 5.41. The molecule has 3 aromatic rings. The van der Waals surface area contributed by atoms with Crippen LogP contribution in [0.4, 0.5) is 5.69 Å². The first-order valence-corrected chi connectivity index (χ1v) is 13.0. The lowest BCUT2D eigenvalue weighted by molar-refractivity contribution is 0.185. The molecular formula is C26H31N3O6S. The van der Waals surface area contributed by atoms with Crippen LogP contribution in [-0.4, -0.2) is 38.4 Å². The van der Waals surface area contributed by atoms with Gasteiger partial charge in [0.05, 0.1) is 25.7 Å². The zero-order valence-electron chi connectivity index (χ0n) is 21.2. The molecule has 3 rings (SSSR count). The molecule has 2 aromatic carbocycles. The van der Waals surface area contributed by atoms with E-state index in [2.05, 4.69) is 9.71 Å². The molecule has 9 nitrogen and oxygen atoms in total. The summed E-state index contributed by atoms with van der Waals surface area (Å²) in [5.74, 6) is 0.656. The maximum Gasteiger partial charge on any atom is 0.332 e. The summed E-state index contributed by atoms with van der Waals surface area (Å²) < 4.78 is 38.2. The van der Waals surface area contributed by atoms with E-state index in [0.717, 1.165) is 28.5 Å². The minimum atomic E-state index is -3.42. The lowest BCUT2D eigenvalue weighted by Crippen LogP contribution is -2.28. The molecule has 0 aliphatic heterocycles. The van der Waals surface area contributed by atoms with E-state index >= 15 is 0 Å². The van der Waals surface area contributed by atoms with Crippen molar-refractivity contribution in [1.82, 2.24) is 9.55 Å². The van der Waals surface area contributed by atoms with Gasteiger partial charge < -0.3 is 9.47 Å². The summed E-state index contributed by atoms with van der Waals surface area (Å²) in [6.07, 6.45) is 6.28. The molecule has 2 N–H and O–H groups in total. The highest BCUT2D eigenvalue weighted by atomic mass is 32.2. The van der Waals surface area contributed by atoms with Gasteiger partial charge in [0.15, 0.2) is 0 Å². The van der Waals surface area contributed by atoms with Gasteiger partial charge in [-0.1, -0.05) is 39.0 Å². The second-order valence-electron chi connectivity index (χ2n) is 9.40. The summed E-state index contributed by atoms with van der Waals surface area (Å²) >= 11 is 0. The molecule has 0 spiro atoms. The quantitative estimate of drug-likeness (QED) is 0.445. The van der Waals surface area contributed by atoms with Crippen molar-refractivity contribution in [2.45, 2.75) is 32.8 Å². The van der Waals surface area contributed by atoms with Gasteiger partial charge in [0, 0.05) is 36.2 Å². The first-order valence-electron chi connectivity index (χ1n) is 11.1. The van der Waals surface area contributed by atoms with Crippen molar-refractivity contribution in [2.24, 2.45) is 0 Å². The number of anilines is 1. The summed E-state index contributed by atoms with van der Waals surface area (Å²) in [6.45, 7) is 6.40. The van der Waals surface area contributed by atoms with Crippen LogP contribution in [-0.2, 0) is 26.8 Å². The maximum atomic E-state index is 12.5. The van der Waals surface area contributed by atoms with Crippen molar-refractivity contribution >= 4 is 27.9 Å². The van der Waals surface area contributed by atoms with E-state index in [9.17, 15) is 18.0 Å². The minimum Gasteiger partial charge on any atom is -0.496 e. The Morgan fingerprint density at radius 2 is 1.72 bits per heavy atom. The van der Waals surface area contributed by atoms with Crippen LogP contribution in [0.25, 0.3) is 17.8 Å². The summed E-state index contributed by atoms with van der Waals surface area (Å²) in [5.41, 5.74) is 2.90. The Kier molecular flexibility index (Phi) is 7.90. The van der Waals surface area contributed by atoms with Crippen molar-refractivity contribution in [1.29, 1.82) is 0 Å². The van der Waals surface area contributed by atoms with E-state index in [1.807, 2.05) is 39.0 Å². The molecule has 0 unspecified atom stereocenters. The average Bonchev–Trinajstić information content (AvgIpc) is 2.76. The second-order valence-corrected chi connectivity index (χ2v) is 11.1. The van der Waals surface area contributed by atoms with Gasteiger partial charge >= 0.3 is 5.69 Å². The molecule has 36 heavy (non-hydrogen) atoms. The molecule has 0 radical (unpaired) electrons. The SMILES string of the molecule is COCc1cc(NS(C)(=O)=O)ccc1C=Cc1cc(-n2ccc(=O)[nH]c2=O)cc(C(C)(C)C)c1OC. The highest BCUT2D eigenvalue weighted by molar-refractivity contribution is 7.92. The van der Waals surface area contributed by atoms with Gasteiger partial charge in [-0.05, 0) is 40.8 Å². The van der Waals surface area contributed by atoms with E-state index in [1.165, 1.54) is 16.8 Å². The molecule has 0 saturated heterocycles. The smallest absolute Gasteiger partial charge is 0.332 e. The van der Waals surface area contributed by atoms with Gasteiger partial charge in [-0.2, -0.15) is 0 Å². The molecule has 1 aromatic heterocycles. The molecule has 0 saturated carbocycles. The Bertz CT molecular complexity index is 1510. The van der Waals surface area contributed by atoms with Crippen molar-refractivity contribution in [2.75, 3.05) is 25.2 Å². The fraction of sp³-hybridized carbons (Fsp3) is 0.308. The molecule has 0 aliphatic rings. The van der Waals surface area contributed by atoms with Gasteiger partial charge in [-0.25, -0.2) is 13.2 Å².